The average Bonchev–Trinajstić information content (AvgIpc) is 3.52. The van der Waals surface area contributed by atoms with Crippen LogP contribution >= 0.6 is 0 Å². The molecule has 0 heterocycles. The van der Waals surface area contributed by atoms with Gasteiger partial charge in [0.1, 0.15) is 0 Å². The van der Waals surface area contributed by atoms with E-state index >= 15 is 0 Å². The molecule has 0 unspecified atom stereocenters. The first-order valence-corrected chi connectivity index (χ1v) is 11.3. The molecule has 0 atom stereocenters. The lowest BCUT2D eigenvalue weighted by molar-refractivity contribution is 1.24. The summed E-state index contributed by atoms with van der Waals surface area (Å²) < 4.78 is 0. The molecule has 0 saturated heterocycles. The summed E-state index contributed by atoms with van der Waals surface area (Å²) in [6.45, 7) is 0. The van der Waals surface area contributed by atoms with Crippen LogP contribution in [-0.4, -0.2) is 0 Å². The summed E-state index contributed by atoms with van der Waals surface area (Å²) in [5.74, 6) is 0. The van der Waals surface area contributed by atoms with Gasteiger partial charge in [0, 0.05) is 0 Å². The zero-order valence-electron chi connectivity index (χ0n) is 18.0. The van der Waals surface area contributed by atoms with Crippen molar-refractivity contribution in [3.8, 4) is 11.1 Å². The molecule has 0 saturated carbocycles. The number of hydrogen-bond acceptors (Lipinski definition) is 0. The van der Waals surface area contributed by atoms with Gasteiger partial charge in [-0.3, -0.25) is 0 Å². The lowest BCUT2D eigenvalue weighted by Gasteiger charge is -2.16. The molecule has 0 amide bonds. The Hall–Kier alpha value is -3.90. The first-order valence-electron chi connectivity index (χ1n) is 11.3. The molecule has 0 spiro atoms. The van der Waals surface area contributed by atoms with Gasteiger partial charge < -0.3 is 0 Å². The molecule has 0 nitrogen and oxygen atoms in total. The van der Waals surface area contributed by atoms with E-state index in [1.807, 2.05) is 0 Å². The van der Waals surface area contributed by atoms with Crippen molar-refractivity contribution in [3.05, 3.63) is 149 Å². The fraction of sp³-hybridized carbons (Fsp3) is 0.0625. The van der Waals surface area contributed by atoms with Crippen LogP contribution in [0, 0.1) is 0 Å². The van der Waals surface area contributed by atoms with E-state index in [0.717, 1.165) is 12.8 Å². The first kappa shape index (κ1) is 18.8. The van der Waals surface area contributed by atoms with Crippen molar-refractivity contribution in [2.75, 3.05) is 0 Å². The molecule has 0 bridgehead atoms. The van der Waals surface area contributed by atoms with Gasteiger partial charge in [0.05, 0.1) is 0 Å². The summed E-state index contributed by atoms with van der Waals surface area (Å²) >= 11 is 0. The molecule has 0 fully saturated rings. The lowest BCUT2D eigenvalue weighted by atomic mass is 9.88. The van der Waals surface area contributed by atoms with E-state index in [-0.39, 0.29) is 0 Å². The fourth-order valence-electron chi connectivity index (χ4n) is 5.04. The van der Waals surface area contributed by atoms with Gasteiger partial charge in [-0.2, -0.15) is 0 Å². The van der Waals surface area contributed by atoms with E-state index in [0.29, 0.717) is 0 Å². The number of rotatable bonds is 4. The molecule has 0 heteroatoms. The van der Waals surface area contributed by atoms with E-state index < -0.39 is 0 Å². The van der Waals surface area contributed by atoms with Crippen molar-refractivity contribution < 1.29 is 0 Å². The van der Waals surface area contributed by atoms with Crippen LogP contribution in [0.3, 0.4) is 0 Å². The predicted octanol–water partition coefficient (Wildman–Crippen LogP) is 8.19. The van der Waals surface area contributed by atoms with Gasteiger partial charge in [0.25, 0.3) is 0 Å². The van der Waals surface area contributed by atoms with E-state index in [2.05, 4.69) is 121 Å². The molecule has 6 rings (SSSR count). The number of benzene rings is 4. The molecule has 4 aromatic carbocycles. The minimum absolute atomic E-state index is 0.989. The van der Waals surface area contributed by atoms with Crippen LogP contribution in [0.1, 0.15) is 39.8 Å². The second-order valence-corrected chi connectivity index (χ2v) is 8.50. The summed E-state index contributed by atoms with van der Waals surface area (Å²) in [5, 5.41) is 0. The second-order valence-electron chi connectivity index (χ2n) is 8.50. The molecule has 32 heavy (non-hydrogen) atoms. The summed E-state index contributed by atoms with van der Waals surface area (Å²) in [6, 6.07) is 35.0. The van der Waals surface area contributed by atoms with Gasteiger partial charge in [0.15, 0.2) is 0 Å². The zero-order chi connectivity index (χ0) is 21.3. The predicted molar refractivity (Wildman–Crippen MR) is 136 cm³/mol. The Labute approximate surface area is 189 Å². The van der Waals surface area contributed by atoms with Crippen molar-refractivity contribution in [2.45, 2.75) is 12.8 Å². The standard InChI is InChI=1S/C32H24/c1-3-11-24(12-4-1)30(25-13-5-2-6-14-25)22-32-28(23-15-7-8-16-23)19-20-29-27-18-10-9-17-26(27)21-31(29)32/h1-15,17-20,22H,16,21H2. The van der Waals surface area contributed by atoms with E-state index in [1.165, 1.54) is 55.7 Å². The maximum Gasteiger partial charge on any atom is -0.000728 e. The Morgan fingerprint density at radius 2 is 1.28 bits per heavy atom. The van der Waals surface area contributed by atoms with Crippen molar-refractivity contribution in [3.63, 3.8) is 0 Å². The SMILES string of the molecule is C1=CCC(c2ccc3c(c2C=C(c2ccccc2)c2ccccc2)Cc2ccccc2-3)=C1. The van der Waals surface area contributed by atoms with Crippen molar-refractivity contribution in [1.29, 1.82) is 0 Å². The Morgan fingerprint density at radius 3 is 1.97 bits per heavy atom. The Morgan fingerprint density at radius 1 is 0.625 bits per heavy atom. The van der Waals surface area contributed by atoms with Gasteiger partial charge in [0.2, 0.25) is 0 Å². The second kappa shape index (κ2) is 7.98. The van der Waals surface area contributed by atoms with E-state index in [1.54, 1.807) is 0 Å². The molecular formula is C32H24. The van der Waals surface area contributed by atoms with Crippen molar-refractivity contribution in [2.24, 2.45) is 0 Å². The van der Waals surface area contributed by atoms with Crippen LogP contribution in [0.5, 0.6) is 0 Å². The largest absolute Gasteiger partial charge is 0.0801 e. The molecule has 0 radical (unpaired) electrons. The maximum atomic E-state index is 2.43. The van der Waals surface area contributed by atoms with Gasteiger partial charge in [-0.15, -0.1) is 0 Å². The summed E-state index contributed by atoms with van der Waals surface area (Å²) in [6.07, 6.45) is 11.1. The lowest BCUT2D eigenvalue weighted by Crippen LogP contribution is -1.97. The molecule has 0 aliphatic heterocycles. The summed E-state index contributed by atoms with van der Waals surface area (Å²) in [4.78, 5) is 0. The van der Waals surface area contributed by atoms with Crippen LogP contribution in [-0.2, 0) is 6.42 Å². The Balaban J connectivity index is 1.62. The highest BCUT2D eigenvalue weighted by Crippen LogP contribution is 2.43. The summed E-state index contributed by atoms with van der Waals surface area (Å²) in [5.41, 5.74) is 13.5. The molecule has 4 aromatic rings. The quantitative estimate of drug-likeness (QED) is 0.263. The van der Waals surface area contributed by atoms with Crippen molar-refractivity contribution >= 4 is 17.2 Å². The molecular weight excluding hydrogens is 384 g/mol. The third-order valence-electron chi connectivity index (χ3n) is 6.61. The number of allylic oxidation sites excluding steroid dienone is 4. The minimum Gasteiger partial charge on any atom is -0.0801 e. The average molecular weight is 409 g/mol. The Kier molecular flexibility index (Phi) is 4.70. The van der Waals surface area contributed by atoms with Crippen LogP contribution < -0.4 is 0 Å². The van der Waals surface area contributed by atoms with Gasteiger partial charge >= 0.3 is 0 Å². The van der Waals surface area contributed by atoms with Gasteiger partial charge in [-0.05, 0) is 74.6 Å². The minimum atomic E-state index is 0.989. The Bertz CT molecular complexity index is 1340. The first-order chi connectivity index (χ1) is 15.9. The van der Waals surface area contributed by atoms with Crippen LogP contribution in [0.25, 0.3) is 28.3 Å². The third-order valence-corrected chi connectivity index (χ3v) is 6.61. The molecule has 2 aliphatic carbocycles. The van der Waals surface area contributed by atoms with Gasteiger partial charge in [-0.25, -0.2) is 0 Å². The zero-order valence-corrected chi connectivity index (χ0v) is 18.0. The number of hydrogen-bond donors (Lipinski definition) is 0. The van der Waals surface area contributed by atoms with Gasteiger partial charge in [-0.1, -0.05) is 115 Å². The molecule has 152 valence electrons. The molecule has 0 N–H and O–H groups in total. The number of fused-ring (bicyclic) bond motifs is 3. The third kappa shape index (κ3) is 3.25. The fourth-order valence-corrected chi connectivity index (χ4v) is 5.04. The van der Waals surface area contributed by atoms with Crippen LogP contribution in [0.4, 0.5) is 0 Å². The highest BCUT2D eigenvalue weighted by molar-refractivity contribution is 5.97. The van der Waals surface area contributed by atoms with Crippen LogP contribution in [0.2, 0.25) is 0 Å². The molecule has 0 aromatic heterocycles. The maximum absolute atomic E-state index is 2.43. The normalized spacial score (nSPS) is 13.4. The monoisotopic (exact) mass is 408 g/mol. The molecule has 2 aliphatic rings. The van der Waals surface area contributed by atoms with E-state index in [4.69, 9.17) is 0 Å². The topological polar surface area (TPSA) is 0 Å². The van der Waals surface area contributed by atoms with Crippen molar-refractivity contribution in [1.82, 2.24) is 0 Å². The summed E-state index contributed by atoms with van der Waals surface area (Å²) in [7, 11) is 0. The van der Waals surface area contributed by atoms with E-state index in [9.17, 15) is 0 Å². The highest BCUT2D eigenvalue weighted by atomic mass is 14.3. The highest BCUT2D eigenvalue weighted by Gasteiger charge is 2.23. The smallest absolute Gasteiger partial charge is 0.000728 e. The van der Waals surface area contributed by atoms with Crippen LogP contribution in [0.15, 0.2) is 115 Å².